The van der Waals surface area contributed by atoms with Gasteiger partial charge in [0.25, 0.3) is 0 Å². The topological polar surface area (TPSA) is 29.1 Å². The van der Waals surface area contributed by atoms with E-state index in [0.29, 0.717) is 11.3 Å². The average Bonchev–Trinajstić information content (AvgIpc) is 1.95. The molecule has 0 heterocycles. The molecule has 2 fully saturated rings. The first-order valence-corrected chi connectivity index (χ1v) is 6.22. The lowest BCUT2D eigenvalue weighted by Gasteiger charge is -2.53. The molecule has 0 aromatic heterocycles. The highest BCUT2D eigenvalue weighted by Gasteiger charge is 2.50. The second-order valence-electron chi connectivity index (χ2n) is 4.44. The summed E-state index contributed by atoms with van der Waals surface area (Å²) in [4.78, 5) is 11.5. The number of hydrogen-bond acceptors (Lipinski definition) is 1. The van der Waals surface area contributed by atoms with Crippen molar-refractivity contribution < 1.29 is 4.79 Å². The number of hydrogen-bond donors (Lipinski definition) is 1. The third-order valence-electron chi connectivity index (χ3n) is 3.54. The van der Waals surface area contributed by atoms with Crippen molar-refractivity contribution in [3.8, 4) is 0 Å². The monoisotopic (exact) mass is 245 g/mol. The van der Waals surface area contributed by atoms with Gasteiger partial charge in [-0.05, 0) is 31.1 Å². The first kappa shape index (κ1) is 9.50. The fourth-order valence-corrected chi connectivity index (χ4v) is 2.77. The minimum Gasteiger partial charge on any atom is -0.355 e. The van der Waals surface area contributed by atoms with E-state index < -0.39 is 0 Å². The summed E-state index contributed by atoms with van der Waals surface area (Å²) in [6.07, 6.45) is 6.43. The normalized spacial score (nSPS) is 25.0. The molecule has 0 aliphatic heterocycles. The van der Waals surface area contributed by atoms with Crippen LogP contribution in [0.5, 0.6) is 0 Å². The van der Waals surface area contributed by atoms with Crippen LogP contribution in [-0.2, 0) is 4.79 Å². The smallest absolute Gasteiger partial charge is 0.223 e. The van der Waals surface area contributed by atoms with E-state index in [0.717, 1.165) is 24.7 Å². The number of alkyl halides is 1. The van der Waals surface area contributed by atoms with Gasteiger partial charge in [-0.2, -0.15) is 0 Å². The zero-order valence-electron chi connectivity index (χ0n) is 7.81. The Kier molecular flexibility index (Phi) is 2.63. The fraction of sp³-hybridized carbons (Fsp3) is 0.900. The highest BCUT2D eigenvalue weighted by atomic mass is 79.9. The molecule has 74 valence electrons. The number of carbonyl (C=O) groups excluding carboxylic acids is 1. The molecule has 1 spiro atoms. The molecular weight excluding hydrogens is 230 g/mol. The van der Waals surface area contributed by atoms with E-state index in [2.05, 4.69) is 21.2 Å². The van der Waals surface area contributed by atoms with Gasteiger partial charge >= 0.3 is 0 Å². The Morgan fingerprint density at radius 2 is 2.15 bits per heavy atom. The van der Waals surface area contributed by atoms with E-state index in [9.17, 15) is 4.79 Å². The Balaban J connectivity index is 1.70. The number of carbonyl (C=O) groups is 1. The molecule has 0 radical (unpaired) electrons. The van der Waals surface area contributed by atoms with E-state index in [1.54, 1.807) is 0 Å². The molecule has 2 aliphatic rings. The van der Waals surface area contributed by atoms with E-state index >= 15 is 0 Å². The molecule has 0 aromatic carbocycles. The summed E-state index contributed by atoms with van der Waals surface area (Å²) in [5.74, 6) is 0.608. The molecule has 0 atom stereocenters. The molecule has 2 rings (SSSR count). The van der Waals surface area contributed by atoms with Gasteiger partial charge in [0, 0.05) is 17.8 Å². The first-order chi connectivity index (χ1) is 6.26. The quantitative estimate of drug-likeness (QED) is 0.759. The molecule has 2 aliphatic carbocycles. The van der Waals surface area contributed by atoms with Crippen LogP contribution in [0.25, 0.3) is 0 Å². The van der Waals surface area contributed by atoms with Gasteiger partial charge in [0.05, 0.1) is 0 Å². The summed E-state index contributed by atoms with van der Waals surface area (Å²) in [6.45, 7) is 0.766. The molecule has 1 amide bonds. The lowest BCUT2D eigenvalue weighted by molar-refractivity contribution is -0.136. The summed E-state index contributed by atoms with van der Waals surface area (Å²) in [7, 11) is 0. The van der Waals surface area contributed by atoms with Crippen LogP contribution >= 0.6 is 15.9 Å². The predicted octanol–water partition coefficient (Wildman–Crippen LogP) is 2.08. The van der Waals surface area contributed by atoms with E-state index in [1.807, 2.05) is 0 Å². The Bertz CT molecular complexity index is 205. The number of rotatable bonds is 3. The Morgan fingerprint density at radius 1 is 1.46 bits per heavy atom. The molecule has 0 saturated heterocycles. The van der Waals surface area contributed by atoms with Crippen molar-refractivity contribution in [2.24, 2.45) is 11.3 Å². The number of amides is 1. The second kappa shape index (κ2) is 3.60. The number of halogens is 1. The van der Waals surface area contributed by atoms with Gasteiger partial charge in [-0.1, -0.05) is 22.4 Å². The maximum atomic E-state index is 11.5. The van der Waals surface area contributed by atoms with E-state index in [-0.39, 0.29) is 5.91 Å². The maximum Gasteiger partial charge on any atom is 0.223 e. The molecule has 2 saturated carbocycles. The van der Waals surface area contributed by atoms with Gasteiger partial charge in [0.2, 0.25) is 5.91 Å². The summed E-state index contributed by atoms with van der Waals surface area (Å²) in [6, 6.07) is 0. The van der Waals surface area contributed by atoms with Crippen LogP contribution in [0.2, 0.25) is 0 Å². The summed E-state index contributed by atoms with van der Waals surface area (Å²) < 4.78 is 0. The van der Waals surface area contributed by atoms with Crippen molar-refractivity contribution >= 4 is 21.8 Å². The van der Waals surface area contributed by atoms with E-state index in [4.69, 9.17) is 0 Å². The molecule has 0 aromatic rings. The van der Waals surface area contributed by atoms with E-state index in [1.165, 1.54) is 19.3 Å². The summed E-state index contributed by atoms with van der Waals surface area (Å²) >= 11 is 3.30. The highest BCUT2D eigenvalue weighted by molar-refractivity contribution is 9.09. The summed E-state index contributed by atoms with van der Waals surface area (Å²) in [5, 5.41) is 3.79. The average molecular weight is 246 g/mol. The van der Waals surface area contributed by atoms with Crippen LogP contribution in [-0.4, -0.2) is 17.8 Å². The van der Waals surface area contributed by atoms with Crippen molar-refractivity contribution in [2.45, 2.75) is 32.1 Å². The van der Waals surface area contributed by atoms with Crippen LogP contribution in [0.1, 0.15) is 32.1 Å². The zero-order chi connectivity index (χ0) is 9.31. The molecule has 1 N–H and O–H groups in total. The van der Waals surface area contributed by atoms with Crippen molar-refractivity contribution in [2.75, 3.05) is 11.9 Å². The van der Waals surface area contributed by atoms with Crippen LogP contribution in [0.4, 0.5) is 0 Å². The van der Waals surface area contributed by atoms with Gasteiger partial charge in [-0.25, -0.2) is 0 Å². The fourth-order valence-electron chi connectivity index (χ4n) is 2.57. The van der Waals surface area contributed by atoms with Gasteiger partial charge in [0.1, 0.15) is 0 Å². The van der Waals surface area contributed by atoms with Crippen molar-refractivity contribution in [3.63, 3.8) is 0 Å². The number of nitrogens with one attached hydrogen (secondary N) is 1. The summed E-state index contributed by atoms with van der Waals surface area (Å²) in [5.41, 5.74) is 0.621. The SMILES string of the molecule is O=C(NCCBr)C1CC2(CCC2)C1. The molecule has 2 nitrogen and oxygen atoms in total. The maximum absolute atomic E-state index is 11.5. The predicted molar refractivity (Wildman–Crippen MR) is 55.8 cm³/mol. The van der Waals surface area contributed by atoms with Crippen molar-refractivity contribution in [1.29, 1.82) is 0 Å². The molecule has 0 unspecified atom stereocenters. The van der Waals surface area contributed by atoms with Gasteiger partial charge in [0.15, 0.2) is 0 Å². The van der Waals surface area contributed by atoms with Crippen molar-refractivity contribution in [3.05, 3.63) is 0 Å². The Morgan fingerprint density at radius 3 is 2.62 bits per heavy atom. The van der Waals surface area contributed by atoms with Crippen LogP contribution in [0.15, 0.2) is 0 Å². The zero-order valence-corrected chi connectivity index (χ0v) is 9.40. The van der Waals surface area contributed by atoms with Crippen LogP contribution in [0.3, 0.4) is 0 Å². The van der Waals surface area contributed by atoms with Crippen molar-refractivity contribution in [1.82, 2.24) is 5.32 Å². The van der Waals surface area contributed by atoms with Crippen LogP contribution in [0, 0.1) is 11.3 Å². The Hall–Kier alpha value is -0.0500. The largest absolute Gasteiger partial charge is 0.355 e. The third kappa shape index (κ3) is 1.76. The van der Waals surface area contributed by atoms with Gasteiger partial charge in [-0.3, -0.25) is 4.79 Å². The minimum atomic E-state index is 0.275. The third-order valence-corrected chi connectivity index (χ3v) is 3.93. The van der Waals surface area contributed by atoms with Crippen LogP contribution < -0.4 is 5.32 Å². The Labute approximate surface area is 87.6 Å². The molecule has 13 heavy (non-hydrogen) atoms. The lowest BCUT2D eigenvalue weighted by atomic mass is 9.51. The lowest BCUT2D eigenvalue weighted by Crippen LogP contribution is -2.49. The molecule has 0 bridgehead atoms. The van der Waals surface area contributed by atoms with Gasteiger partial charge < -0.3 is 5.32 Å². The van der Waals surface area contributed by atoms with Gasteiger partial charge in [-0.15, -0.1) is 0 Å². The minimum absolute atomic E-state index is 0.275. The highest BCUT2D eigenvalue weighted by Crippen LogP contribution is 2.58. The molecular formula is C10H16BrNO. The standard InChI is InChI=1S/C10H16BrNO/c11-4-5-12-9(13)8-6-10(7-8)2-1-3-10/h8H,1-7H2,(H,12,13). The second-order valence-corrected chi connectivity index (χ2v) is 5.23. The first-order valence-electron chi connectivity index (χ1n) is 5.09. The molecule has 3 heteroatoms.